The van der Waals surface area contributed by atoms with Gasteiger partial charge in [-0.25, -0.2) is 0 Å². The Morgan fingerprint density at radius 1 is 0.763 bits per heavy atom. The first-order valence-corrected chi connectivity index (χ1v) is 12.0. The lowest BCUT2D eigenvalue weighted by Crippen LogP contribution is -2.21. The van der Waals surface area contributed by atoms with Gasteiger partial charge in [0.05, 0.1) is 4.92 Å². The number of nitrogens with one attached hydrogen (secondary N) is 2. The van der Waals surface area contributed by atoms with Crippen LogP contribution in [0.5, 0.6) is 11.5 Å². The van der Waals surface area contributed by atoms with Gasteiger partial charge in [-0.05, 0) is 80.8 Å². The number of anilines is 2. The van der Waals surface area contributed by atoms with E-state index in [9.17, 15) is 24.5 Å². The number of amides is 2. The van der Waals surface area contributed by atoms with Crippen molar-refractivity contribution >= 4 is 34.8 Å². The van der Waals surface area contributed by atoms with Crippen LogP contribution in [0.1, 0.15) is 36.0 Å². The van der Waals surface area contributed by atoms with E-state index in [2.05, 4.69) is 10.6 Å². The third kappa shape index (κ3) is 8.44. The average Bonchev–Trinajstić information content (AvgIpc) is 2.87. The number of benzene rings is 3. The first-order chi connectivity index (χ1) is 18.1. The summed E-state index contributed by atoms with van der Waals surface area (Å²) in [4.78, 5) is 46.6. The summed E-state index contributed by atoms with van der Waals surface area (Å²) < 4.78 is 10.8. The highest BCUT2D eigenvalue weighted by atomic mass is 16.6. The molecule has 0 unspecified atom stereocenters. The molecule has 0 aromatic heterocycles. The largest absolute Gasteiger partial charge is 0.457 e. The van der Waals surface area contributed by atoms with Gasteiger partial charge in [-0.1, -0.05) is 12.1 Å². The zero-order valence-electron chi connectivity index (χ0n) is 21.4. The monoisotopic (exact) mass is 519 g/mol. The molecule has 3 aromatic rings. The standard InChI is InChI=1S/C28H29N3O7/c1-18-8-12-24(15-20(18)3)38-23-13-10-21(11-14-23)29-26(32)5-4-6-28(34)37-17-27(33)30-22-9-7-19(2)25(16-22)31(35)36/h7-16H,4-6,17H2,1-3H3,(H,29,32)(H,30,33). The molecule has 0 radical (unpaired) electrons. The molecule has 0 saturated carbocycles. The van der Waals surface area contributed by atoms with Crippen LogP contribution in [0, 0.1) is 30.9 Å². The molecule has 198 valence electrons. The van der Waals surface area contributed by atoms with E-state index in [4.69, 9.17) is 9.47 Å². The van der Waals surface area contributed by atoms with Crippen LogP contribution >= 0.6 is 0 Å². The Bertz CT molecular complexity index is 1340. The summed E-state index contributed by atoms with van der Waals surface area (Å²) in [7, 11) is 0. The number of nitro benzene ring substituents is 1. The van der Waals surface area contributed by atoms with Crippen molar-refractivity contribution in [1.82, 2.24) is 0 Å². The first-order valence-electron chi connectivity index (χ1n) is 12.0. The number of ether oxygens (including phenoxy) is 2. The predicted molar refractivity (Wildman–Crippen MR) is 142 cm³/mol. The molecule has 0 bridgehead atoms. The molecule has 38 heavy (non-hydrogen) atoms. The summed E-state index contributed by atoms with van der Waals surface area (Å²) >= 11 is 0. The van der Waals surface area contributed by atoms with Gasteiger partial charge in [0.25, 0.3) is 11.6 Å². The third-order valence-corrected chi connectivity index (χ3v) is 5.69. The smallest absolute Gasteiger partial charge is 0.306 e. The van der Waals surface area contributed by atoms with Crippen molar-refractivity contribution in [2.75, 3.05) is 17.2 Å². The maximum Gasteiger partial charge on any atom is 0.306 e. The molecule has 2 amide bonds. The van der Waals surface area contributed by atoms with Crippen LogP contribution in [0.3, 0.4) is 0 Å². The van der Waals surface area contributed by atoms with Crippen molar-refractivity contribution < 1.29 is 28.8 Å². The molecule has 0 heterocycles. The number of rotatable bonds is 11. The van der Waals surface area contributed by atoms with Crippen molar-refractivity contribution in [2.24, 2.45) is 0 Å². The fourth-order valence-corrected chi connectivity index (χ4v) is 3.44. The average molecular weight is 520 g/mol. The van der Waals surface area contributed by atoms with E-state index in [0.29, 0.717) is 17.0 Å². The number of esters is 1. The topological polar surface area (TPSA) is 137 Å². The molecule has 3 rings (SSSR count). The Labute approximate surface area is 220 Å². The van der Waals surface area contributed by atoms with Gasteiger partial charge in [-0.3, -0.25) is 24.5 Å². The predicted octanol–water partition coefficient (Wildman–Crippen LogP) is 5.60. The molecule has 0 aliphatic heterocycles. The quantitative estimate of drug-likeness (QED) is 0.191. The van der Waals surface area contributed by atoms with Crippen LogP contribution in [0.25, 0.3) is 0 Å². The van der Waals surface area contributed by atoms with E-state index in [1.807, 2.05) is 32.0 Å². The van der Waals surface area contributed by atoms with E-state index < -0.39 is 23.4 Å². The summed E-state index contributed by atoms with van der Waals surface area (Å²) in [5.41, 5.74) is 3.47. The van der Waals surface area contributed by atoms with Gasteiger partial charge in [0.1, 0.15) is 11.5 Å². The lowest BCUT2D eigenvalue weighted by atomic mass is 10.1. The van der Waals surface area contributed by atoms with Gasteiger partial charge in [-0.15, -0.1) is 0 Å². The second-order valence-corrected chi connectivity index (χ2v) is 8.74. The summed E-state index contributed by atoms with van der Waals surface area (Å²) in [6.07, 6.45) is 0.291. The second kappa shape index (κ2) is 13.0. The van der Waals surface area contributed by atoms with Gasteiger partial charge in [-0.2, -0.15) is 0 Å². The molecule has 2 N–H and O–H groups in total. The number of hydrogen-bond donors (Lipinski definition) is 2. The van der Waals surface area contributed by atoms with Gasteiger partial charge in [0.15, 0.2) is 6.61 Å². The molecule has 0 fully saturated rings. The van der Waals surface area contributed by atoms with E-state index >= 15 is 0 Å². The Hall–Kier alpha value is -4.73. The molecule has 0 saturated heterocycles. The zero-order chi connectivity index (χ0) is 27.7. The molecule has 10 nitrogen and oxygen atoms in total. The summed E-state index contributed by atoms with van der Waals surface area (Å²) in [5.74, 6) is -0.152. The van der Waals surface area contributed by atoms with Crippen molar-refractivity contribution in [3.63, 3.8) is 0 Å². The zero-order valence-corrected chi connectivity index (χ0v) is 21.4. The molecular formula is C28H29N3O7. The molecule has 10 heteroatoms. The van der Waals surface area contributed by atoms with Crippen LogP contribution in [0.4, 0.5) is 17.1 Å². The van der Waals surface area contributed by atoms with Crippen LogP contribution in [-0.2, 0) is 19.1 Å². The van der Waals surface area contributed by atoms with Gasteiger partial charge >= 0.3 is 5.97 Å². The summed E-state index contributed by atoms with van der Waals surface area (Å²) in [5, 5.41) is 16.2. The van der Waals surface area contributed by atoms with Crippen LogP contribution in [0.15, 0.2) is 60.7 Å². The van der Waals surface area contributed by atoms with Gasteiger partial charge < -0.3 is 20.1 Å². The molecular weight excluding hydrogens is 490 g/mol. The number of nitrogens with zero attached hydrogens (tertiary/aromatic N) is 1. The van der Waals surface area contributed by atoms with Gasteiger partial charge in [0.2, 0.25) is 5.91 Å². The van der Waals surface area contributed by atoms with Crippen LogP contribution in [0.2, 0.25) is 0 Å². The number of aryl methyl sites for hydroxylation is 3. The minimum atomic E-state index is -0.629. The van der Waals surface area contributed by atoms with Crippen molar-refractivity contribution in [1.29, 1.82) is 0 Å². The molecule has 0 atom stereocenters. The Kier molecular flexibility index (Phi) is 9.53. The van der Waals surface area contributed by atoms with Crippen LogP contribution in [-0.4, -0.2) is 29.3 Å². The molecule has 0 aliphatic rings. The normalized spacial score (nSPS) is 10.4. The van der Waals surface area contributed by atoms with Crippen molar-refractivity contribution in [3.8, 4) is 11.5 Å². The number of hydrogen-bond acceptors (Lipinski definition) is 7. The van der Waals surface area contributed by atoms with E-state index in [1.54, 1.807) is 31.2 Å². The third-order valence-electron chi connectivity index (χ3n) is 5.69. The summed E-state index contributed by atoms with van der Waals surface area (Å²) in [6, 6.07) is 17.1. The van der Waals surface area contributed by atoms with Crippen molar-refractivity contribution in [3.05, 3.63) is 87.5 Å². The first kappa shape index (κ1) is 27.9. The van der Waals surface area contributed by atoms with Crippen LogP contribution < -0.4 is 15.4 Å². The Balaban J connectivity index is 1.35. The number of carbonyl (C=O) groups is 3. The highest BCUT2D eigenvalue weighted by Gasteiger charge is 2.14. The lowest BCUT2D eigenvalue weighted by molar-refractivity contribution is -0.385. The maximum absolute atomic E-state index is 12.2. The minimum absolute atomic E-state index is 0.0422. The fourth-order valence-electron chi connectivity index (χ4n) is 3.44. The lowest BCUT2D eigenvalue weighted by Gasteiger charge is -2.10. The SMILES string of the molecule is Cc1ccc(Oc2ccc(NC(=O)CCCC(=O)OCC(=O)Nc3ccc(C)c([N+](=O)[O-])c3)cc2)cc1C. The molecule has 0 spiro atoms. The van der Waals surface area contributed by atoms with Gasteiger partial charge in [0, 0.05) is 35.8 Å². The minimum Gasteiger partial charge on any atom is -0.457 e. The van der Waals surface area contributed by atoms with E-state index in [0.717, 1.165) is 11.3 Å². The van der Waals surface area contributed by atoms with Crippen molar-refractivity contribution in [2.45, 2.75) is 40.0 Å². The molecule has 0 aliphatic carbocycles. The number of carbonyl (C=O) groups excluding carboxylic acids is 3. The molecule has 3 aromatic carbocycles. The Morgan fingerprint density at radius 3 is 2.08 bits per heavy atom. The fraction of sp³-hybridized carbons (Fsp3) is 0.250. The highest BCUT2D eigenvalue weighted by Crippen LogP contribution is 2.25. The second-order valence-electron chi connectivity index (χ2n) is 8.74. The Morgan fingerprint density at radius 2 is 1.39 bits per heavy atom. The van der Waals surface area contributed by atoms with E-state index in [1.165, 1.54) is 23.8 Å². The maximum atomic E-state index is 12.2. The number of nitro groups is 1. The summed E-state index contributed by atoms with van der Waals surface area (Å²) in [6.45, 7) is 5.10. The van der Waals surface area contributed by atoms with E-state index in [-0.39, 0.29) is 36.5 Å². The highest BCUT2D eigenvalue weighted by molar-refractivity contribution is 5.93.